The van der Waals surface area contributed by atoms with E-state index < -0.39 is 0 Å². The molecule has 2 N–H and O–H groups in total. The van der Waals surface area contributed by atoms with Crippen LogP contribution in [0.2, 0.25) is 5.02 Å². The van der Waals surface area contributed by atoms with Crippen molar-refractivity contribution in [2.75, 3.05) is 0 Å². The molecule has 0 bridgehead atoms. The highest BCUT2D eigenvalue weighted by Crippen LogP contribution is 2.41. The van der Waals surface area contributed by atoms with Crippen LogP contribution < -0.4 is 5.73 Å². The SMILES string of the molecule is NC(c1nc2ccc(Cl)cc2s1)C1CC1. The summed E-state index contributed by atoms with van der Waals surface area (Å²) in [4.78, 5) is 4.55. The van der Waals surface area contributed by atoms with E-state index in [2.05, 4.69) is 4.98 Å². The normalized spacial score (nSPS) is 18.3. The van der Waals surface area contributed by atoms with Gasteiger partial charge < -0.3 is 5.73 Å². The molecule has 1 atom stereocenters. The molecule has 78 valence electrons. The molecule has 1 aliphatic rings. The number of rotatable bonds is 2. The summed E-state index contributed by atoms with van der Waals surface area (Å²) >= 11 is 7.60. The standard InChI is InChI=1S/C11H11ClN2S/c12-7-3-4-8-9(5-7)15-11(14-8)10(13)6-1-2-6/h3-6,10H,1-2,13H2. The zero-order valence-corrected chi connectivity index (χ0v) is 9.68. The lowest BCUT2D eigenvalue weighted by atomic mass is 10.2. The molecular weight excluding hydrogens is 228 g/mol. The molecule has 1 heterocycles. The average Bonchev–Trinajstić information content (AvgIpc) is 2.97. The van der Waals surface area contributed by atoms with Gasteiger partial charge in [-0.25, -0.2) is 4.98 Å². The van der Waals surface area contributed by atoms with Crippen molar-refractivity contribution in [2.45, 2.75) is 18.9 Å². The topological polar surface area (TPSA) is 38.9 Å². The van der Waals surface area contributed by atoms with Crippen molar-refractivity contribution in [3.63, 3.8) is 0 Å². The zero-order chi connectivity index (χ0) is 10.4. The minimum atomic E-state index is 0.126. The first-order chi connectivity index (χ1) is 7.24. The van der Waals surface area contributed by atoms with Crippen molar-refractivity contribution >= 4 is 33.2 Å². The number of benzene rings is 1. The third-order valence-electron chi connectivity index (χ3n) is 2.78. The van der Waals surface area contributed by atoms with Gasteiger partial charge >= 0.3 is 0 Å². The third kappa shape index (κ3) is 1.75. The Morgan fingerprint density at radius 3 is 3.00 bits per heavy atom. The zero-order valence-electron chi connectivity index (χ0n) is 8.11. The first-order valence-corrected chi connectivity index (χ1v) is 6.25. The van der Waals surface area contributed by atoms with Crippen LogP contribution in [0.4, 0.5) is 0 Å². The summed E-state index contributed by atoms with van der Waals surface area (Å²) in [5.74, 6) is 0.654. The van der Waals surface area contributed by atoms with Crippen LogP contribution >= 0.6 is 22.9 Å². The van der Waals surface area contributed by atoms with E-state index in [9.17, 15) is 0 Å². The van der Waals surface area contributed by atoms with Crippen molar-refractivity contribution in [1.29, 1.82) is 0 Å². The van der Waals surface area contributed by atoms with Gasteiger partial charge in [-0.2, -0.15) is 0 Å². The van der Waals surface area contributed by atoms with Crippen LogP contribution in [0.1, 0.15) is 23.9 Å². The largest absolute Gasteiger partial charge is 0.322 e. The van der Waals surface area contributed by atoms with E-state index in [4.69, 9.17) is 17.3 Å². The predicted octanol–water partition coefficient (Wildman–Crippen LogP) is 3.36. The van der Waals surface area contributed by atoms with Crippen LogP contribution in [-0.2, 0) is 0 Å². The lowest BCUT2D eigenvalue weighted by Gasteiger charge is -2.03. The van der Waals surface area contributed by atoms with Gasteiger partial charge in [0, 0.05) is 5.02 Å². The van der Waals surface area contributed by atoms with Crippen molar-refractivity contribution in [2.24, 2.45) is 11.7 Å². The molecule has 1 unspecified atom stereocenters. The lowest BCUT2D eigenvalue weighted by molar-refractivity contribution is 0.630. The summed E-state index contributed by atoms with van der Waals surface area (Å²) in [6.07, 6.45) is 2.50. The highest BCUT2D eigenvalue weighted by Gasteiger charge is 2.31. The fraction of sp³-hybridized carbons (Fsp3) is 0.364. The second kappa shape index (κ2) is 3.44. The summed E-state index contributed by atoms with van der Waals surface area (Å²) < 4.78 is 1.13. The Morgan fingerprint density at radius 2 is 2.27 bits per heavy atom. The van der Waals surface area contributed by atoms with Crippen LogP contribution in [-0.4, -0.2) is 4.98 Å². The Balaban J connectivity index is 2.05. The Labute approximate surface area is 97.1 Å². The number of fused-ring (bicyclic) bond motifs is 1. The monoisotopic (exact) mass is 238 g/mol. The molecule has 0 radical (unpaired) electrons. The molecule has 0 aliphatic heterocycles. The molecule has 1 saturated carbocycles. The van der Waals surface area contributed by atoms with Gasteiger partial charge in [-0.15, -0.1) is 11.3 Å². The highest BCUT2D eigenvalue weighted by molar-refractivity contribution is 7.18. The first kappa shape index (κ1) is 9.58. The van der Waals surface area contributed by atoms with Crippen LogP contribution in [0.15, 0.2) is 18.2 Å². The summed E-state index contributed by atoms with van der Waals surface area (Å²) in [5.41, 5.74) is 7.13. The van der Waals surface area contributed by atoms with E-state index in [0.717, 1.165) is 20.2 Å². The average molecular weight is 239 g/mol. The van der Waals surface area contributed by atoms with Crippen LogP contribution in [0, 0.1) is 5.92 Å². The molecule has 1 aliphatic carbocycles. The van der Waals surface area contributed by atoms with Crippen LogP contribution in [0.5, 0.6) is 0 Å². The number of aromatic nitrogens is 1. The Kier molecular flexibility index (Phi) is 2.20. The van der Waals surface area contributed by atoms with Gasteiger partial charge in [0.05, 0.1) is 16.3 Å². The van der Waals surface area contributed by atoms with E-state index >= 15 is 0 Å². The van der Waals surface area contributed by atoms with Gasteiger partial charge in [0.15, 0.2) is 0 Å². The van der Waals surface area contributed by atoms with Gasteiger partial charge in [-0.05, 0) is 37.0 Å². The fourth-order valence-corrected chi connectivity index (χ4v) is 3.05. The van der Waals surface area contributed by atoms with Gasteiger partial charge in [-0.1, -0.05) is 11.6 Å². The molecule has 2 aromatic rings. The Morgan fingerprint density at radius 1 is 1.47 bits per heavy atom. The lowest BCUT2D eigenvalue weighted by Crippen LogP contribution is -2.11. The van der Waals surface area contributed by atoms with E-state index in [-0.39, 0.29) is 6.04 Å². The van der Waals surface area contributed by atoms with Gasteiger partial charge in [0.25, 0.3) is 0 Å². The number of nitrogens with two attached hydrogens (primary N) is 1. The van der Waals surface area contributed by atoms with E-state index in [1.54, 1.807) is 11.3 Å². The molecule has 0 spiro atoms. The maximum absolute atomic E-state index is 6.12. The van der Waals surface area contributed by atoms with E-state index in [1.807, 2.05) is 18.2 Å². The summed E-state index contributed by atoms with van der Waals surface area (Å²) in [6, 6.07) is 5.91. The second-order valence-electron chi connectivity index (χ2n) is 4.03. The number of nitrogens with zero attached hydrogens (tertiary/aromatic N) is 1. The van der Waals surface area contributed by atoms with Crippen molar-refractivity contribution in [3.8, 4) is 0 Å². The molecule has 15 heavy (non-hydrogen) atoms. The molecule has 3 rings (SSSR count). The van der Waals surface area contributed by atoms with Gasteiger partial charge in [0.1, 0.15) is 5.01 Å². The summed E-state index contributed by atoms with van der Waals surface area (Å²) in [7, 11) is 0. The van der Waals surface area contributed by atoms with Gasteiger partial charge in [-0.3, -0.25) is 0 Å². The second-order valence-corrected chi connectivity index (χ2v) is 5.53. The highest BCUT2D eigenvalue weighted by atomic mass is 35.5. The molecule has 4 heteroatoms. The van der Waals surface area contributed by atoms with Crippen molar-refractivity contribution in [3.05, 3.63) is 28.2 Å². The Hall–Kier alpha value is -0.640. The smallest absolute Gasteiger partial charge is 0.111 e. The van der Waals surface area contributed by atoms with Crippen molar-refractivity contribution < 1.29 is 0 Å². The minimum absolute atomic E-state index is 0.126. The molecular formula is C11H11ClN2S. The van der Waals surface area contributed by atoms with Crippen LogP contribution in [0.3, 0.4) is 0 Å². The van der Waals surface area contributed by atoms with E-state index in [1.165, 1.54) is 12.8 Å². The third-order valence-corrected chi connectivity index (χ3v) is 4.14. The quantitative estimate of drug-likeness (QED) is 0.872. The number of hydrogen-bond acceptors (Lipinski definition) is 3. The van der Waals surface area contributed by atoms with Crippen LogP contribution in [0.25, 0.3) is 10.2 Å². The molecule has 1 aromatic carbocycles. The molecule has 0 saturated heterocycles. The number of hydrogen-bond donors (Lipinski definition) is 1. The summed E-state index contributed by atoms with van der Waals surface area (Å²) in [5, 5.41) is 1.81. The molecule has 1 aromatic heterocycles. The van der Waals surface area contributed by atoms with E-state index in [0.29, 0.717) is 5.92 Å². The molecule has 0 amide bonds. The van der Waals surface area contributed by atoms with Gasteiger partial charge in [0.2, 0.25) is 0 Å². The maximum Gasteiger partial charge on any atom is 0.111 e. The molecule has 2 nitrogen and oxygen atoms in total. The van der Waals surface area contributed by atoms with Crippen molar-refractivity contribution in [1.82, 2.24) is 4.98 Å². The number of halogens is 1. The number of thiazole rings is 1. The first-order valence-electron chi connectivity index (χ1n) is 5.05. The minimum Gasteiger partial charge on any atom is -0.322 e. The molecule has 1 fully saturated rings. The predicted molar refractivity (Wildman–Crippen MR) is 64.3 cm³/mol. The Bertz CT molecular complexity index is 504. The maximum atomic E-state index is 6.12. The fourth-order valence-electron chi connectivity index (χ4n) is 1.72. The summed E-state index contributed by atoms with van der Waals surface area (Å²) in [6.45, 7) is 0.